The number of pyridine rings is 1. The number of aromatic nitrogens is 5. The van der Waals surface area contributed by atoms with Gasteiger partial charge in [-0.2, -0.15) is 0 Å². The maximum atomic E-state index is 13.4. The van der Waals surface area contributed by atoms with E-state index >= 15 is 0 Å². The van der Waals surface area contributed by atoms with E-state index in [9.17, 15) is 28.8 Å². The van der Waals surface area contributed by atoms with Gasteiger partial charge in [0.05, 0.1) is 24.0 Å². The van der Waals surface area contributed by atoms with E-state index in [4.69, 9.17) is 0 Å². The molecule has 4 aromatic rings. The monoisotopic (exact) mass is 830 g/mol. The summed E-state index contributed by atoms with van der Waals surface area (Å²) in [4.78, 5) is 100. The summed E-state index contributed by atoms with van der Waals surface area (Å²) in [7, 11) is 0. The van der Waals surface area contributed by atoms with Gasteiger partial charge in [-0.3, -0.25) is 39.0 Å². The number of fused-ring (bicyclic) bond motifs is 2. The Morgan fingerprint density at radius 2 is 1.62 bits per heavy atom. The lowest BCUT2D eigenvalue weighted by atomic mass is 9.86. The molecule has 3 saturated heterocycles. The third-order valence-electron chi connectivity index (χ3n) is 13.0. The molecule has 7 heterocycles. The molecule has 0 radical (unpaired) electrons. The van der Waals surface area contributed by atoms with E-state index in [0.717, 1.165) is 92.3 Å². The molecular formula is C43H50N12O6. The third-order valence-corrected chi connectivity index (χ3v) is 13.0. The van der Waals surface area contributed by atoms with Gasteiger partial charge < -0.3 is 30.3 Å². The Balaban J connectivity index is 0.692. The standard InChI is InChI=1S/C43H50N12O6/c1-25-4-2-7-32(49-25)40(58)50-28-18-29(19-28)54-24-48-37-38(46-23-47-39(37)54)45-20-26-10-14-52(15-11-26)22-27-12-16-53(17-13-27)35(57)21-44-31-6-3-5-30-36(31)43(61)55(42(30)60)33-8-9-34(56)51-41(33)59/h2-7,23-24,26-29,33,44H,8-22H2,1H3,(H,50,58)(H,45,46,47)(H,51,56,59)/t28?,29?,33-/m1/s1. The summed E-state index contributed by atoms with van der Waals surface area (Å²) in [6.07, 6.45) is 9.12. The zero-order valence-electron chi connectivity index (χ0n) is 34.1. The fourth-order valence-electron chi connectivity index (χ4n) is 9.40. The molecule has 6 amide bonds. The van der Waals surface area contributed by atoms with Crippen molar-refractivity contribution in [3.8, 4) is 0 Å². The molecule has 4 N–H and O–H groups in total. The molecule has 5 aliphatic rings. The van der Waals surface area contributed by atoms with Crippen molar-refractivity contribution in [2.75, 3.05) is 56.4 Å². The summed E-state index contributed by atoms with van der Waals surface area (Å²) in [5.74, 6) is -0.760. The second kappa shape index (κ2) is 17.0. The van der Waals surface area contributed by atoms with Crippen molar-refractivity contribution in [3.63, 3.8) is 0 Å². The maximum absolute atomic E-state index is 13.4. The van der Waals surface area contributed by atoms with Gasteiger partial charge >= 0.3 is 0 Å². The van der Waals surface area contributed by atoms with Crippen molar-refractivity contribution in [1.29, 1.82) is 0 Å². The van der Waals surface area contributed by atoms with Gasteiger partial charge in [0.1, 0.15) is 23.6 Å². The predicted octanol–water partition coefficient (Wildman–Crippen LogP) is 2.54. The van der Waals surface area contributed by atoms with E-state index in [2.05, 4.69) is 50.7 Å². The van der Waals surface area contributed by atoms with Crippen LogP contribution in [0.15, 0.2) is 49.1 Å². The van der Waals surface area contributed by atoms with Crippen LogP contribution in [0.1, 0.15) is 94.3 Å². The van der Waals surface area contributed by atoms with E-state index in [1.807, 2.05) is 30.3 Å². The molecule has 1 aromatic carbocycles. The summed E-state index contributed by atoms with van der Waals surface area (Å²) in [6, 6.07) is 9.50. The van der Waals surface area contributed by atoms with Gasteiger partial charge in [-0.1, -0.05) is 12.1 Å². The predicted molar refractivity (Wildman–Crippen MR) is 222 cm³/mol. The number of amides is 6. The van der Waals surface area contributed by atoms with Gasteiger partial charge in [0.15, 0.2) is 11.5 Å². The van der Waals surface area contributed by atoms with E-state index in [-0.39, 0.29) is 54.4 Å². The number of hydrogen-bond acceptors (Lipinski definition) is 13. The van der Waals surface area contributed by atoms with Gasteiger partial charge in [0, 0.05) is 56.1 Å². The fraction of sp³-hybridized carbons (Fsp3) is 0.488. The lowest BCUT2D eigenvalue weighted by molar-refractivity contribution is -0.136. The Morgan fingerprint density at radius 1 is 0.852 bits per heavy atom. The number of benzene rings is 1. The molecule has 1 atom stereocenters. The number of nitrogens with zero attached hydrogens (tertiary/aromatic N) is 8. The number of imidazole rings is 1. The van der Waals surface area contributed by atoms with Crippen molar-refractivity contribution in [3.05, 3.63) is 71.6 Å². The van der Waals surface area contributed by atoms with E-state index < -0.39 is 29.7 Å². The first kappa shape index (κ1) is 40.1. The van der Waals surface area contributed by atoms with Crippen LogP contribution in [0.4, 0.5) is 11.5 Å². The second-order valence-electron chi connectivity index (χ2n) is 17.0. The second-order valence-corrected chi connectivity index (χ2v) is 17.0. The Labute approximate surface area is 352 Å². The van der Waals surface area contributed by atoms with Gasteiger partial charge in [-0.15, -0.1) is 0 Å². The molecule has 0 spiro atoms. The van der Waals surface area contributed by atoms with Crippen LogP contribution < -0.4 is 21.3 Å². The van der Waals surface area contributed by atoms with Gasteiger partial charge in [0.25, 0.3) is 17.7 Å². The topological polar surface area (TPSA) is 217 Å². The van der Waals surface area contributed by atoms with Crippen molar-refractivity contribution in [2.24, 2.45) is 11.8 Å². The Bertz CT molecular complexity index is 2380. The number of rotatable bonds is 12. The molecule has 4 aliphatic heterocycles. The summed E-state index contributed by atoms with van der Waals surface area (Å²) in [6.45, 7) is 7.02. The van der Waals surface area contributed by atoms with Crippen LogP contribution in [0.25, 0.3) is 11.2 Å². The molecule has 4 fully saturated rings. The summed E-state index contributed by atoms with van der Waals surface area (Å²) in [5, 5.41) is 12.0. The van der Waals surface area contributed by atoms with Crippen LogP contribution in [-0.4, -0.2) is 133 Å². The van der Waals surface area contributed by atoms with Crippen molar-refractivity contribution in [2.45, 2.75) is 76.4 Å². The quantitative estimate of drug-likeness (QED) is 0.151. The fourth-order valence-corrected chi connectivity index (χ4v) is 9.40. The lowest BCUT2D eigenvalue weighted by Crippen LogP contribution is -2.54. The molecule has 1 saturated carbocycles. The van der Waals surface area contributed by atoms with Crippen molar-refractivity contribution >= 4 is 58.1 Å². The Morgan fingerprint density at radius 3 is 2.39 bits per heavy atom. The molecule has 0 unspecified atom stereocenters. The Kier molecular flexibility index (Phi) is 11.2. The molecule has 0 bridgehead atoms. The number of carbonyl (C=O) groups excluding carboxylic acids is 6. The number of carbonyl (C=O) groups is 6. The van der Waals surface area contributed by atoms with Gasteiger partial charge in [-0.25, -0.2) is 19.9 Å². The lowest BCUT2D eigenvalue weighted by Gasteiger charge is -2.38. The largest absolute Gasteiger partial charge is 0.375 e. The van der Waals surface area contributed by atoms with E-state index in [0.29, 0.717) is 36.3 Å². The minimum atomic E-state index is -1.05. The first-order chi connectivity index (χ1) is 29.6. The molecule has 318 valence electrons. The molecule has 9 rings (SSSR count). The minimum Gasteiger partial charge on any atom is -0.375 e. The van der Waals surface area contributed by atoms with Crippen LogP contribution in [0, 0.1) is 18.8 Å². The molecule has 1 aliphatic carbocycles. The van der Waals surface area contributed by atoms with Crippen LogP contribution in [0.5, 0.6) is 0 Å². The zero-order valence-corrected chi connectivity index (χ0v) is 34.1. The summed E-state index contributed by atoms with van der Waals surface area (Å²) < 4.78 is 2.09. The number of hydrogen-bond donors (Lipinski definition) is 4. The zero-order chi connectivity index (χ0) is 42.2. The van der Waals surface area contributed by atoms with E-state index in [1.54, 1.807) is 24.5 Å². The first-order valence-corrected chi connectivity index (χ1v) is 21.3. The van der Waals surface area contributed by atoms with Crippen LogP contribution in [-0.2, 0) is 14.4 Å². The number of piperidine rings is 3. The molecule has 3 aromatic heterocycles. The average molecular weight is 831 g/mol. The van der Waals surface area contributed by atoms with E-state index in [1.165, 1.54) is 6.07 Å². The highest BCUT2D eigenvalue weighted by atomic mass is 16.2. The molecule has 18 heteroatoms. The smallest absolute Gasteiger partial charge is 0.270 e. The Hall–Kier alpha value is -6.30. The van der Waals surface area contributed by atoms with Crippen LogP contribution in [0.2, 0.25) is 0 Å². The molecule has 18 nitrogen and oxygen atoms in total. The number of nitrogens with one attached hydrogen (secondary N) is 4. The van der Waals surface area contributed by atoms with Gasteiger partial charge in [-0.05, 0) is 101 Å². The normalized spacial score (nSPS) is 22.5. The molecule has 61 heavy (non-hydrogen) atoms. The summed E-state index contributed by atoms with van der Waals surface area (Å²) in [5.41, 5.74) is 3.47. The van der Waals surface area contributed by atoms with Gasteiger partial charge in [0.2, 0.25) is 17.7 Å². The number of imide groups is 2. The highest BCUT2D eigenvalue weighted by Gasteiger charge is 2.46. The van der Waals surface area contributed by atoms with Crippen LogP contribution >= 0.6 is 0 Å². The summed E-state index contributed by atoms with van der Waals surface area (Å²) >= 11 is 0. The number of aryl methyl sites for hydroxylation is 1. The highest BCUT2D eigenvalue weighted by Crippen LogP contribution is 2.36. The average Bonchev–Trinajstić information content (AvgIpc) is 3.79. The highest BCUT2D eigenvalue weighted by molar-refractivity contribution is 6.25. The third kappa shape index (κ3) is 8.28. The van der Waals surface area contributed by atoms with Crippen LogP contribution in [0.3, 0.4) is 0 Å². The molecular weight excluding hydrogens is 781 g/mol. The van der Waals surface area contributed by atoms with Crippen molar-refractivity contribution in [1.82, 2.24) is 49.8 Å². The maximum Gasteiger partial charge on any atom is 0.270 e. The first-order valence-electron chi connectivity index (χ1n) is 21.3. The van der Waals surface area contributed by atoms with Crippen molar-refractivity contribution < 1.29 is 28.8 Å². The SMILES string of the molecule is Cc1cccc(C(=O)NC2CC(n3cnc4c(NCC5CCN(CC6CCN(C(=O)CNc7cccc8c7C(=O)N([C@@H]7CCC(=O)NC7=O)C8=O)CC6)CC5)ncnc43)C2)n1. The minimum absolute atomic E-state index is 0.0274. The number of likely N-dealkylation sites (tertiary alicyclic amines) is 2. The number of anilines is 2.